The van der Waals surface area contributed by atoms with Gasteiger partial charge in [0.25, 0.3) is 0 Å². The Morgan fingerprint density at radius 1 is 0.905 bits per heavy atom. The lowest BCUT2D eigenvalue weighted by Gasteiger charge is -2.19. The number of rotatable bonds is 10. The zero-order chi connectivity index (χ0) is 29.7. The van der Waals surface area contributed by atoms with Gasteiger partial charge in [-0.05, 0) is 53.1 Å². The summed E-state index contributed by atoms with van der Waals surface area (Å²) in [5.74, 6) is -0.732. The van der Waals surface area contributed by atoms with E-state index in [1.54, 1.807) is 60.7 Å². The predicted molar refractivity (Wildman–Crippen MR) is 159 cm³/mol. The summed E-state index contributed by atoms with van der Waals surface area (Å²) in [7, 11) is -2.84. The van der Waals surface area contributed by atoms with Crippen molar-refractivity contribution in [1.82, 2.24) is 14.7 Å². The van der Waals surface area contributed by atoms with E-state index in [1.165, 1.54) is 19.2 Å². The molecule has 0 saturated carbocycles. The number of nitrogens with zero attached hydrogens (tertiary/aromatic N) is 1. The van der Waals surface area contributed by atoms with E-state index in [2.05, 4.69) is 25.3 Å². The largest absolute Gasteiger partial charge is 0.495 e. The molecule has 0 aliphatic heterocycles. The molecule has 42 heavy (non-hydrogen) atoms. The lowest BCUT2D eigenvalue weighted by molar-refractivity contribution is -0.137. The van der Waals surface area contributed by atoms with E-state index in [0.717, 1.165) is 11.0 Å². The number of aliphatic carboxylic acids is 1. The SMILES string of the molecule is COc1ccc(-c2ccc(NC(=O)Nc3nc4ccccc4[nH]3)cc2)cc1S(=O)(=O)NC(CC(=O)O)c1ccccc1. The number of ether oxygens (including phenoxy) is 1. The number of nitrogens with one attached hydrogen (secondary N) is 4. The Morgan fingerprint density at radius 3 is 2.29 bits per heavy atom. The molecule has 2 amide bonds. The molecule has 0 spiro atoms. The maximum absolute atomic E-state index is 13.5. The first-order valence-corrected chi connectivity index (χ1v) is 14.3. The van der Waals surface area contributed by atoms with Crippen molar-refractivity contribution < 1.29 is 27.9 Å². The number of para-hydroxylation sites is 2. The number of aromatic nitrogens is 2. The number of carboxylic acid groups (broad SMARTS) is 1. The van der Waals surface area contributed by atoms with Crippen LogP contribution in [0.15, 0.2) is 102 Å². The first-order valence-electron chi connectivity index (χ1n) is 12.8. The molecule has 1 aromatic heterocycles. The Balaban J connectivity index is 1.33. The van der Waals surface area contributed by atoms with Crippen molar-refractivity contribution in [2.75, 3.05) is 17.7 Å². The highest BCUT2D eigenvalue weighted by atomic mass is 32.2. The van der Waals surface area contributed by atoms with Gasteiger partial charge in [0.2, 0.25) is 16.0 Å². The highest BCUT2D eigenvalue weighted by Crippen LogP contribution is 2.32. The van der Waals surface area contributed by atoms with Crippen LogP contribution in [0.2, 0.25) is 0 Å². The molecule has 12 heteroatoms. The fraction of sp³-hybridized carbons (Fsp3) is 0.100. The average Bonchev–Trinajstić information content (AvgIpc) is 3.39. The molecule has 0 bridgehead atoms. The van der Waals surface area contributed by atoms with E-state index in [4.69, 9.17) is 4.74 Å². The van der Waals surface area contributed by atoms with Gasteiger partial charge in [0.15, 0.2) is 0 Å². The van der Waals surface area contributed by atoms with E-state index in [0.29, 0.717) is 28.3 Å². The van der Waals surface area contributed by atoms with E-state index >= 15 is 0 Å². The highest BCUT2D eigenvalue weighted by molar-refractivity contribution is 7.89. The van der Waals surface area contributed by atoms with Crippen molar-refractivity contribution in [2.24, 2.45) is 0 Å². The molecule has 4 aromatic carbocycles. The van der Waals surface area contributed by atoms with Crippen LogP contribution < -0.4 is 20.1 Å². The van der Waals surface area contributed by atoms with Crippen LogP contribution in [-0.2, 0) is 14.8 Å². The second-order valence-corrected chi connectivity index (χ2v) is 11.0. The maximum Gasteiger partial charge on any atom is 0.326 e. The molecule has 5 N–H and O–H groups in total. The number of hydrogen-bond acceptors (Lipinski definition) is 6. The quantitative estimate of drug-likeness (QED) is 0.147. The summed E-state index contributed by atoms with van der Waals surface area (Å²) in [6, 6.07) is 26.0. The Kier molecular flexibility index (Phi) is 8.18. The molecule has 11 nitrogen and oxygen atoms in total. The normalized spacial score (nSPS) is 12.0. The monoisotopic (exact) mass is 585 g/mol. The van der Waals surface area contributed by atoms with Crippen LogP contribution in [0.5, 0.6) is 5.75 Å². The van der Waals surface area contributed by atoms with Gasteiger partial charge < -0.3 is 20.1 Å². The van der Waals surface area contributed by atoms with Gasteiger partial charge in [0, 0.05) is 5.69 Å². The van der Waals surface area contributed by atoms with Crippen LogP contribution in [0.4, 0.5) is 16.4 Å². The van der Waals surface area contributed by atoms with Crippen molar-refractivity contribution in [3.8, 4) is 16.9 Å². The van der Waals surface area contributed by atoms with E-state index in [-0.39, 0.29) is 10.6 Å². The summed E-state index contributed by atoms with van der Waals surface area (Å²) in [4.78, 5) is 31.2. The average molecular weight is 586 g/mol. The number of fused-ring (bicyclic) bond motifs is 1. The molecule has 5 aromatic rings. The molecule has 0 aliphatic rings. The predicted octanol–water partition coefficient (Wildman–Crippen LogP) is 5.38. The number of aromatic amines is 1. The zero-order valence-corrected chi connectivity index (χ0v) is 23.2. The molecule has 1 unspecified atom stereocenters. The summed E-state index contributed by atoms with van der Waals surface area (Å²) in [6.07, 6.45) is -0.441. The number of methoxy groups -OCH3 is 1. The third-order valence-corrected chi connectivity index (χ3v) is 7.92. The minimum atomic E-state index is -4.20. The molecule has 214 valence electrons. The van der Waals surface area contributed by atoms with E-state index in [1.807, 2.05) is 24.3 Å². The summed E-state index contributed by atoms with van der Waals surface area (Å²) in [6.45, 7) is 0. The lowest BCUT2D eigenvalue weighted by Crippen LogP contribution is -2.30. The van der Waals surface area contributed by atoms with Crippen LogP contribution in [0, 0.1) is 0 Å². The van der Waals surface area contributed by atoms with Crippen molar-refractivity contribution >= 4 is 44.7 Å². The van der Waals surface area contributed by atoms with Gasteiger partial charge in [-0.1, -0.05) is 60.7 Å². The van der Waals surface area contributed by atoms with E-state index < -0.39 is 34.5 Å². The number of carbonyl (C=O) groups is 2. The first kappa shape index (κ1) is 28.3. The summed E-state index contributed by atoms with van der Waals surface area (Å²) in [5, 5.41) is 14.8. The number of urea groups is 1. The molecule has 0 fully saturated rings. The number of hydrogen-bond donors (Lipinski definition) is 5. The number of carbonyl (C=O) groups excluding carboxylic acids is 1. The Hall–Kier alpha value is -5.20. The number of benzene rings is 4. The number of amides is 2. The van der Waals surface area contributed by atoms with Crippen molar-refractivity contribution in [2.45, 2.75) is 17.4 Å². The molecule has 5 rings (SSSR count). The summed E-state index contributed by atoms with van der Waals surface area (Å²) < 4.78 is 34.8. The summed E-state index contributed by atoms with van der Waals surface area (Å²) >= 11 is 0. The van der Waals surface area contributed by atoms with Crippen LogP contribution in [0.3, 0.4) is 0 Å². The summed E-state index contributed by atoms with van der Waals surface area (Å²) in [5.41, 5.74) is 3.81. The van der Waals surface area contributed by atoms with Crippen molar-refractivity contribution in [3.63, 3.8) is 0 Å². The second kappa shape index (κ2) is 12.1. The molecule has 1 heterocycles. The van der Waals surface area contributed by atoms with Gasteiger partial charge in [0.05, 0.1) is 30.6 Å². The molecular formula is C30H27N5O6S. The lowest BCUT2D eigenvalue weighted by atomic mass is 10.1. The fourth-order valence-electron chi connectivity index (χ4n) is 4.43. The highest BCUT2D eigenvalue weighted by Gasteiger charge is 2.27. The molecule has 0 saturated heterocycles. The Morgan fingerprint density at radius 2 is 1.60 bits per heavy atom. The minimum Gasteiger partial charge on any atom is -0.495 e. The minimum absolute atomic E-state index is 0.105. The number of carboxylic acids is 1. The Bertz CT molecular complexity index is 1810. The topological polar surface area (TPSA) is 163 Å². The van der Waals surface area contributed by atoms with Gasteiger partial charge in [0.1, 0.15) is 10.6 Å². The first-order chi connectivity index (χ1) is 20.2. The van der Waals surface area contributed by atoms with Gasteiger partial charge in [-0.2, -0.15) is 0 Å². The van der Waals surface area contributed by atoms with Crippen LogP contribution in [0.25, 0.3) is 22.2 Å². The van der Waals surface area contributed by atoms with Gasteiger partial charge in [-0.3, -0.25) is 10.1 Å². The number of H-pyrrole nitrogens is 1. The smallest absolute Gasteiger partial charge is 0.326 e. The van der Waals surface area contributed by atoms with Crippen LogP contribution in [0.1, 0.15) is 18.0 Å². The van der Waals surface area contributed by atoms with Crippen molar-refractivity contribution in [1.29, 1.82) is 0 Å². The fourth-order valence-corrected chi connectivity index (χ4v) is 5.85. The van der Waals surface area contributed by atoms with Gasteiger partial charge in [-0.15, -0.1) is 0 Å². The molecule has 0 radical (unpaired) electrons. The van der Waals surface area contributed by atoms with Gasteiger partial charge in [-0.25, -0.2) is 22.9 Å². The molecule has 0 aliphatic carbocycles. The second-order valence-electron chi connectivity index (χ2n) is 9.31. The molecule has 1 atom stereocenters. The number of anilines is 2. The number of imidazole rings is 1. The van der Waals surface area contributed by atoms with Crippen LogP contribution in [-0.4, -0.2) is 42.6 Å². The number of sulfonamides is 1. The van der Waals surface area contributed by atoms with Gasteiger partial charge >= 0.3 is 12.0 Å². The molecular weight excluding hydrogens is 558 g/mol. The third-order valence-electron chi connectivity index (χ3n) is 6.43. The third kappa shape index (κ3) is 6.57. The van der Waals surface area contributed by atoms with Crippen molar-refractivity contribution in [3.05, 3.63) is 103 Å². The standard InChI is InChI=1S/C30H27N5O6S/c1-41-26-16-13-21(17-27(26)42(39,40)35-25(18-28(36)37)20-7-3-2-4-8-20)19-11-14-22(15-12-19)31-30(38)34-29-32-23-9-5-6-10-24(23)33-29/h2-17,25,35H,18H2,1H3,(H,36,37)(H3,31,32,33,34,38). The van der Waals surface area contributed by atoms with E-state index in [9.17, 15) is 23.1 Å². The Labute approximate surface area is 241 Å². The zero-order valence-electron chi connectivity index (χ0n) is 22.4. The van der Waals surface area contributed by atoms with Crippen LogP contribution >= 0.6 is 0 Å². The maximum atomic E-state index is 13.5.